The van der Waals surface area contributed by atoms with Gasteiger partial charge in [0.2, 0.25) is 0 Å². The minimum atomic E-state index is -0.460. The number of ether oxygens (including phenoxy) is 1. The van der Waals surface area contributed by atoms with Gasteiger partial charge >= 0.3 is 0 Å². The normalized spacial score (nSPS) is 23.1. The maximum Gasteiger partial charge on any atom is 0.0840 e. The van der Waals surface area contributed by atoms with Gasteiger partial charge in [0, 0.05) is 17.5 Å². The Bertz CT molecular complexity index is 339. The molecule has 2 rings (SSSR count). The number of rotatable bonds is 2. The number of aliphatic hydroxyl groups excluding tert-OH is 1. The third-order valence-electron chi connectivity index (χ3n) is 3.05. The zero-order chi connectivity index (χ0) is 11.5. The lowest BCUT2D eigenvalue weighted by Crippen LogP contribution is -2.23. The van der Waals surface area contributed by atoms with Gasteiger partial charge in [-0.3, -0.25) is 0 Å². The lowest BCUT2D eigenvalue weighted by atomic mass is 9.90. The van der Waals surface area contributed by atoms with E-state index in [0.29, 0.717) is 11.6 Å². The molecule has 1 fully saturated rings. The summed E-state index contributed by atoms with van der Waals surface area (Å²) in [5.74, 6) is 0.201. The van der Waals surface area contributed by atoms with Gasteiger partial charge in [-0.25, -0.2) is 0 Å². The summed E-state index contributed by atoms with van der Waals surface area (Å²) in [7, 11) is 0. The van der Waals surface area contributed by atoms with E-state index in [0.717, 1.165) is 30.6 Å². The second kappa shape index (κ2) is 5.17. The molecule has 1 heterocycles. The molecule has 16 heavy (non-hydrogen) atoms. The molecule has 0 saturated carbocycles. The first-order valence-electron chi connectivity index (χ1n) is 5.70. The molecule has 1 aromatic carbocycles. The first kappa shape index (κ1) is 11.9. The Balaban J connectivity index is 2.15. The maximum atomic E-state index is 10.3. The van der Waals surface area contributed by atoms with Gasteiger partial charge < -0.3 is 9.84 Å². The molecule has 0 radical (unpaired) electrons. The number of benzene rings is 1. The van der Waals surface area contributed by atoms with Crippen molar-refractivity contribution >= 4 is 11.6 Å². The van der Waals surface area contributed by atoms with Gasteiger partial charge in [-0.2, -0.15) is 0 Å². The Labute approximate surface area is 101 Å². The highest BCUT2D eigenvalue weighted by Crippen LogP contribution is 2.30. The molecule has 2 atom stereocenters. The van der Waals surface area contributed by atoms with E-state index in [-0.39, 0.29) is 5.92 Å². The highest BCUT2D eigenvalue weighted by molar-refractivity contribution is 6.30. The van der Waals surface area contributed by atoms with Crippen LogP contribution in [0, 0.1) is 12.8 Å². The average molecular weight is 241 g/mol. The lowest BCUT2D eigenvalue weighted by molar-refractivity contribution is -0.00998. The van der Waals surface area contributed by atoms with Crippen LogP contribution in [0.4, 0.5) is 0 Å². The summed E-state index contributed by atoms with van der Waals surface area (Å²) < 4.78 is 5.39. The molecule has 0 aliphatic carbocycles. The van der Waals surface area contributed by atoms with Crippen molar-refractivity contribution in [1.82, 2.24) is 0 Å². The van der Waals surface area contributed by atoms with Crippen LogP contribution in [0.3, 0.4) is 0 Å². The van der Waals surface area contributed by atoms with Crippen LogP contribution < -0.4 is 0 Å². The fourth-order valence-corrected chi connectivity index (χ4v) is 2.52. The van der Waals surface area contributed by atoms with Crippen LogP contribution in [0.1, 0.15) is 30.1 Å². The second-order valence-corrected chi connectivity index (χ2v) is 4.92. The van der Waals surface area contributed by atoms with E-state index in [1.807, 2.05) is 25.1 Å². The van der Waals surface area contributed by atoms with Crippen molar-refractivity contribution in [1.29, 1.82) is 0 Å². The quantitative estimate of drug-likeness (QED) is 0.861. The largest absolute Gasteiger partial charge is 0.388 e. The van der Waals surface area contributed by atoms with Crippen LogP contribution in [0.15, 0.2) is 18.2 Å². The monoisotopic (exact) mass is 240 g/mol. The molecule has 0 spiro atoms. The molecule has 1 aliphatic rings. The Morgan fingerprint density at radius 1 is 1.44 bits per heavy atom. The van der Waals surface area contributed by atoms with E-state index in [1.165, 1.54) is 0 Å². The van der Waals surface area contributed by atoms with E-state index in [2.05, 4.69) is 0 Å². The van der Waals surface area contributed by atoms with Crippen molar-refractivity contribution in [2.75, 3.05) is 13.2 Å². The van der Waals surface area contributed by atoms with E-state index in [9.17, 15) is 5.11 Å². The van der Waals surface area contributed by atoms with Gasteiger partial charge in [0.05, 0.1) is 12.7 Å². The van der Waals surface area contributed by atoms with Crippen molar-refractivity contribution in [3.8, 4) is 0 Å². The molecule has 3 heteroatoms. The van der Waals surface area contributed by atoms with E-state index >= 15 is 0 Å². The van der Waals surface area contributed by atoms with Gasteiger partial charge in [-0.05, 0) is 43.0 Å². The summed E-state index contributed by atoms with van der Waals surface area (Å²) in [4.78, 5) is 0. The van der Waals surface area contributed by atoms with E-state index < -0.39 is 6.10 Å². The lowest BCUT2D eigenvalue weighted by Gasteiger charge is -2.27. The van der Waals surface area contributed by atoms with Crippen LogP contribution in [0.2, 0.25) is 5.02 Å². The minimum Gasteiger partial charge on any atom is -0.388 e. The van der Waals surface area contributed by atoms with Gasteiger partial charge in [0.1, 0.15) is 0 Å². The third-order valence-corrected chi connectivity index (χ3v) is 3.27. The number of hydrogen-bond donors (Lipinski definition) is 1. The smallest absolute Gasteiger partial charge is 0.0840 e. The Morgan fingerprint density at radius 3 is 2.88 bits per heavy atom. The van der Waals surface area contributed by atoms with Gasteiger partial charge in [0.25, 0.3) is 0 Å². The highest BCUT2D eigenvalue weighted by atomic mass is 35.5. The van der Waals surface area contributed by atoms with Crippen LogP contribution in [0.25, 0.3) is 0 Å². The molecule has 1 aromatic rings. The Hall–Kier alpha value is -0.570. The van der Waals surface area contributed by atoms with Gasteiger partial charge in [-0.15, -0.1) is 0 Å². The molecule has 0 aromatic heterocycles. The number of halogens is 1. The van der Waals surface area contributed by atoms with Crippen LogP contribution in [-0.4, -0.2) is 18.3 Å². The summed E-state index contributed by atoms with van der Waals surface area (Å²) in [6.07, 6.45) is 1.59. The predicted molar refractivity (Wildman–Crippen MR) is 64.7 cm³/mol. The van der Waals surface area contributed by atoms with Crippen LogP contribution in [0.5, 0.6) is 0 Å². The Morgan fingerprint density at radius 2 is 2.25 bits per heavy atom. The van der Waals surface area contributed by atoms with Crippen LogP contribution in [-0.2, 0) is 4.74 Å². The van der Waals surface area contributed by atoms with Crippen molar-refractivity contribution < 1.29 is 9.84 Å². The van der Waals surface area contributed by atoms with Crippen molar-refractivity contribution in [2.24, 2.45) is 5.92 Å². The molecule has 0 amide bonds. The van der Waals surface area contributed by atoms with Gasteiger partial charge in [0.15, 0.2) is 0 Å². The fourth-order valence-electron chi connectivity index (χ4n) is 2.22. The molecular weight excluding hydrogens is 224 g/mol. The zero-order valence-corrected chi connectivity index (χ0v) is 10.2. The van der Waals surface area contributed by atoms with Crippen LogP contribution >= 0.6 is 11.6 Å². The zero-order valence-electron chi connectivity index (χ0n) is 9.45. The van der Waals surface area contributed by atoms with Gasteiger partial charge in [-0.1, -0.05) is 17.7 Å². The minimum absolute atomic E-state index is 0.201. The molecule has 1 N–H and O–H groups in total. The summed E-state index contributed by atoms with van der Waals surface area (Å²) in [5, 5.41) is 10.9. The fraction of sp³-hybridized carbons (Fsp3) is 0.538. The summed E-state index contributed by atoms with van der Waals surface area (Å²) in [6.45, 7) is 3.45. The molecule has 88 valence electrons. The standard InChI is InChI=1S/C13H17ClO2/c1-9-5-11(7-12(14)6-9)13(15)10-3-2-4-16-8-10/h5-7,10,13,15H,2-4,8H2,1H3. The summed E-state index contributed by atoms with van der Waals surface area (Å²) >= 11 is 5.99. The highest BCUT2D eigenvalue weighted by Gasteiger charge is 2.23. The predicted octanol–water partition coefficient (Wildman–Crippen LogP) is 3.11. The van der Waals surface area contributed by atoms with E-state index in [4.69, 9.17) is 16.3 Å². The van der Waals surface area contributed by atoms with E-state index in [1.54, 1.807) is 0 Å². The van der Waals surface area contributed by atoms with Crippen molar-refractivity contribution in [3.05, 3.63) is 34.3 Å². The Kier molecular flexibility index (Phi) is 3.85. The second-order valence-electron chi connectivity index (χ2n) is 4.48. The first-order chi connectivity index (χ1) is 7.66. The molecule has 2 unspecified atom stereocenters. The molecule has 0 bridgehead atoms. The summed E-state index contributed by atoms with van der Waals surface area (Å²) in [5.41, 5.74) is 1.98. The maximum absolute atomic E-state index is 10.3. The first-order valence-corrected chi connectivity index (χ1v) is 6.07. The SMILES string of the molecule is Cc1cc(Cl)cc(C(O)C2CCCOC2)c1. The molecule has 1 aliphatic heterocycles. The molecule has 2 nitrogen and oxygen atoms in total. The summed E-state index contributed by atoms with van der Waals surface area (Å²) in [6, 6.07) is 5.73. The number of aryl methyl sites for hydroxylation is 1. The molecular formula is C13H17ClO2. The third kappa shape index (κ3) is 2.76. The average Bonchev–Trinajstić information content (AvgIpc) is 2.28. The van der Waals surface area contributed by atoms with Crippen molar-refractivity contribution in [3.63, 3.8) is 0 Å². The topological polar surface area (TPSA) is 29.5 Å². The number of aliphatic hydroxyl groups is 1. The molecule has 1 saturated heterocycles. The number of hydrogen-bond acceptors (Lipinski definition) is 2. The van der Waals surface area contributed by atoms with Crippen molar-refractivity contribution in [2.45, 2.75) is 25.9 Å².